The maximum Gasteiger partial charge on any atom is 0.152 e. The van der Waals surface area contributed by atoms with Crippen LogP contribution in [0.15, 0.2) is 48.9 Å². The molecule has 0 atom stereocenters. The molecule has 0 saturated carbocycles. The Morgan fingerprint density at radius 3 is 2.75 bits per heavy atom. The highest BCUT2D eigenvalue weighted by atomic mass is 79.9. The summed E-state index contributed by atoms with van der Waals surface area (Å²) in [6, 6.07) is 10.1. The maximum absolute atomic E-state index is 4.72. The number of halogens is 1. The van der Waals surface area contributed by atoms with Gasteiger partial charge in [0.1, 0.15) is 5.65 Å². The van der Waals surface area contributed by atoms with Gasteiger partial charge in [0.2, 0.25) is 0 Å². The lowest BCUT2D eigenvalue weighted by Crippen LogP contribution is -2.18. The summed E-state index contributed by atoms with van der Waals surface area (Å²) in [5.41, 5.74) is 3.36. The van der Waals surface area contributed by atoms with E-state index in [-0.39, 0.29) is 0 Å². The molecule has 0 amide bonds. The van der Waals surface area contributed by atoms with Crippen molar-refractivity contribution in [3.05, 3.63) is 60.2 Å². The lowest BCUT2D eigenvalue weighted by atomic mass is 10.2. The summed E-state index contributed by atoms with van der Waals surface area (Å²) in [7, 11) is 2.06. The van der Waals surface area contributed by atoms with Crippen molar-refractivity contribution in [2.45, 2.75) is 11.9 Å². The van der Waals surface area contributed by atoms with Crippen molar-refractivity contribution < 1.29 is 0 Å². The van der Waals surface area contributed by atoms with Crippen LogP contribution in [0.3, 0.4) is 0 Å². The third-order valence-electron chi connectivity index (χ3n) is 3.26. The first kappa shape index (κ1) is 13.1. The van der Waals surface area contributed by atoms with Crippen molar-refractivity contribution >= 4 is 27.4 Å². The molecule has 0 aliphatic rings. The molecule has 20 heavy (non-hydrogen) atoms. The van der Waals surface area contributed by atoms with Crippen LogP contribution in [0.4, 0.5) is 5.82 Å². The SMILES string of the molecule is CN(Cc1ccncc1)c1nc2ccccn2c1CBr. The van der Waals surface area contributed by atoms with E-state index in [1.54, 1.807) is 0 Å². The molecule has 0 N–H and O–H groups in total. The van der Waals surface area contributed by atoms with Crippen molar-refractivity contribution in [3.63, 3.8) is 0 Å². The molecule has 0 radical (unpaired) electrons. The van der Waals surface area contributed by atoms with Crippen LogP contribution >= 0.6 is 15.9 Å². The maximum atomic E-state index is 4.72. The monoisotopic (exact) mass is 330 g/mol. The summed E-state index contributed by atoms with van der Waals surface area (Å²) in [4.78, 5) is 10.9. The zero-order valence-corrected chi connectivity index (χ0v) is 12.8. The van der Waals surface area contributed by atoms with Gasteiger partial charge in [-0.2, -0.15) is 0 Å². The lowest BCUT2D eigenvalue weighted by molar-refractivity contribution is 0.893. The molecule has 5 heteroatoms. The van der Waals surface area contributed by atoms with E-state index < -0.39 is 0 Å². The normalized spacial score (nSPS) is 10.9. The molecule has 3 heterocycles. The van der Waals surface area contributed by atoms with E-state index in [9.17, 15) is 0 Å². The fourth-order valence-electron chi connectivity index (χ4n) is 2.30. The first-order valence-electron chi connectivity index (χ1n) is 6.41. The van der Waals surface area contributed by atoms with Crippen molar-refractivity contribution in [2.75, 3.05) is 11.9 Å². The molecule has 0 aliphatic carbocycles. The number of anilines is 1. The van der Waals surface area contributed by atoms with Crippen LogP contribution < -0.4 is 4.90 Å². The number of rotatable bonds is 4. The quantitative estimate of drug-likeness (QED) is 0.688. The Hall–Kier alpha value is -1.88. The summed E-state index contributed by atoms with van der Waals surface area (Å²) in [5.74, 6) is 1.00. The molecule has 3 aromatic rings. The van der Waals surface area contributed by atoms with E-state index in [0.717, 1.165) is 29.0 Å². The van der Waals surface area contributed by atoms with Gasteiger partial charge >= 0.3 is 0 Å². The molecular formula is C15H15BrN4. The fraction of sp³-hybridized carbons (Fsp3) is 0.200. The Kier molecular flexibility index (Phi) is 3.69. The van der Waals surface area contributed by atoms with E-state index in [4.69, 9.17) is 4.98 Å². The molecule has 4 nitrogen and oxygen atoms in total. The molecule has 0 aliphatic heterocycles. The van der Waals surface area contributed by atoms with E-state index in [0.29, 0.717) is 0 Å². The molecule has 0 spiro atoms. The van der Waals surface area contributed by atoms with Gasteiger partial charge in [0, 0.05) is 37.5 Å². The average Bonchev–Trinajstić information content (AvgIpc) is 2.87. The number of aromatic nitrogens is 3. The van der Waals surface area contributed by atoms with Gasteiger partial charge in [0.25, 0.3) is 0 Å². The van der Waals surface area contributed by atoms with Gasteiger partial charge in [-0.25, -0.2) is 4.98 Å². The van der Waals surface area contributed by atoms with Crippen molar-refractivity contribution in [2.24, 2.45) is 0 Å². The second kappa shape index (κ2) is 5.63. The van der Waals surface area contributed by atoms with Gasteiger partial charge < -0.3 is 9.30 Å². The highest BCUT2D eigenvalue weighted by Gasteiger charge is 2.14. The van der Waals surface area contributed by atoms with Crippen LogP contribution in [0, 0.1) is 0 Å². The standard InChI is InChI=1S/C15H15BrN4/c1-19(11-12-5-7-17-8-6-12)15-13(10-16)20-9-3-2-4-14(20)18-15/h2-9H,10-11H2,1H3. The number of fused-ring (bicyclic) bond motifs is 1. The topological polar surface area (TPSA) is 33.4 Å². The van der Waals surface area contributed by atoms with E-state index >= 15 is 0 Å². The Labute approximate surface area is 126 Å². The van der Waals surface area contributed by atoms with Crippen LogP contribution in [-0.2, 0) is 11.9 Å². The predicted octanol–water partition coefficient (Wildman–Crippen LogP) is 3.26. The Bertz CT molecular complexity index is 708. The largest absolute Gasteiger partial charge is 0.354 e. The minimum Gasteiger partial charge on any atom is -0.354 e. The molecule has 0 unspecified atom stereocenters. The fourth-order valence-corrected chi connectivity index (χ4v) is 2.82. The highest BCUT2D eigenvalue weighted by molar-refractivity contribution is 9.08. The first-order chi connectivity index (χ1) is 9.79. The molecule has 0 fully saturated rings. The molecule has 102 valence electrons. The van der Waals surface area contributed by atoms with Crippen LogP contribution in [-0.4, -0.2) is 21.4 Å². The van der Waals surface area contributed by atoms with Crippen molar-refractivity contribution in [1.82, 2.24) is 14.4 Å². The number of nitrogens with zero attached hydrogens (tertiary/aromatic N) is 4. The molecular weight excluding hydrogens is 316 g/mol. The number of alkyl halides is 1. The van der Waals surface area contributed by atoms with Gasteiger partial charge in [0.15, 0.2) is 5.82 Å². The van der Waals surface area contributed by atoms with Crippen LogP contribution in [0.25, 0.3) is 5.65 Å². The summed E-state index contributed by atoms with van der Waals surface area (Å²) in [6.45, 7) is 0.812. The molecule has 0 bridgehead atoms. The molecule has 3 rings (SSSR count). The van der Waals surface area contributed by atoms with E-state index in [1.165, 1.54) is 5.56 Å². The predicted molar refractivity (Wildman–Crippen MR) is 84.2 cm³/mol. The minimum atomic E-state index is 0.772. The first-order valence-corrected chi connectivity index (χ1v) is 7.53. The van der Waals surface area contributed by atoms with Gasteiger partial charge in [-0.05, 0) is 29.8 Å². The van der Waals surface area contributed by atoms with Gasteiger partial charge in [0.05, 0.1) is 5.69 Å². The Morgan fingerprint density at radius 2 is 2.00 bits per heavy atom. The van der Waals surface area contributed by atoms with E-state index in [1.807, 2.05) is 48.9 Å². The number of imidazole rings is 1. The van der Waals surface area contributed by atoms with Crippen molar-refractivity contribution in [1.29, 1.82) is 0 Å². The van der Waals surface area contributed by atoms with Crippen LogP contribution in [0.1, 0.15) is 11.3 Å². The summed E-state index contributed by atoms with van der Waals surface area (Å²) >= 11 is 3.56. The van der Waals surface area contributed by atoms with Gasteiger partial charge in [-0.15, -0.1) is 0 Å². The molecule has 0 aromatic carbocycles. The third kappa shape index (κ3) is 2.41. The summed E-state index contributed by atoms with van der Waals surface area (Å²) in [6.07, 6.45) is 5.68. The lowest BCUT2D eigenvalue weighted by Gasteiger charge is -2.17. The van der Waals surface area contributed by atoms with Gasteiger partial charge in [-0.1, -0.05) is 22.0 Å². The van der Waals surface area contributed by atoms with Crippen LogP contribution in [0.5, 0.6) is 0 Å². The Morgan fingerprint density at radius 1 is 1.20 bits per heavy atom. The number of hydrogen-bond acceptors (Lipinski definition) is 3. The summed E-state index contributed by atoms with van der Waals surface area (Å²) in [5, 5.41) is 0.772. The average molecular weight is 331 g/mol. The van der Waals surface area contributed by atoms with Crippen molar-refractivity contribution in [3.8, 4) is 0 Å². The second-order valence-corrected chi connectivity index (χ2v) is 5.22. The third-order valence-corrected chi connectivity index (χ3v) is 3.80. The number of hydrogen-bond donors (Lipinski definition) is 0. The minimum absolute atomic E-state index is 0.772. The zero-order chi connectivity index (χ0) is 13.9. The molecule has 0 saturated heterocycles. The van der Waals surface area contributed by atoms with Gasteiger partial charge in [-0.3, -0.25) is 4.98 Å². The summed E-state index contributed by atoms with van der Waals surface area (Å²) < 4.78 is 2.12. The van der Waals surface area contributed by atoms with E-state index in [2.05, 4.69) is 37.3 Å². The number of pyridine rings is 2. The highest BCUT2D eigenvalue weighted by Crippen LogP contribution is 2.24. The second-order valence-electron chi connectivity index (χ2n) is 4.66. The Balaban J connectivity index is 1.97. The zero-order valence-electron chi connectivity index (χ0n) is 11.2. The molecule has 3 aromatic heterocycles. The smallest absolute Gasteiger partial charge is 0.152 e. The van der Waals surface area contributed by atoms with Crippen LogP contribution in [0.2, 0.25) is 0 Å².